The number of rotatable bonds is 3. The highest BCUT2D eigenvalue weighted by Crippen LogP contribution is 2.50. The van der Waals surface area contributed by atoms with Gasteiger partial charge in [0.15, 0.2) is 5.78 Å². The van der Waals surface area contributed by atoms with E-state index in [0.717, 1.165) is 27.6 Å². The lowest BCUT2D eigenvalue weighted by Gasteiger charge is -2.37. The molecule has 37 heavy (non-hydrogen) atoms. The summed E-state index contributed by atoms with van der Waals surface area (Å²) in [4.78, 5) is 45.3. The van der Waals surface area contributed by atoms with E-state index in [2.05, 4.69) is 18.2 Å². The van der Waals surface area contributed by atoms with Crippen molar-refractivity contribution in [2.75, 3.05) is 9.80 Å². The summed E-state index contributed by atoms with van der Waals surface area (Å²) in [5, 5.41) is 2.18. The first-order valence-electron chi connectivity index (χ1n) is 12.6. The minimum Gasteiger partial charge on any atom is -0.352 e. The van der Waals surface area contributed by atoms with Crippen LogP contribution in [0.2, 0.25) is 0 Å². The Morgan fingerprint density at radius 1 is 0.757 bits per heavy atom. The maximum absolute atomic E-state index is 14.1. The number of ketones is 1. The van der Waals surface area contributed by atoms with Gasteiger partial charge in [-0.3, -0.25) is 14.4 Å². The maximum Gasteiger partial charge on any atom is 0.240 e. The summed E-state index contributed by atoms with van der Waals surface area (Å²) in [5.74, 6) is -2.10. The Labute approximate surface area is 214 Å². The first kappa shape index (κ1) is 21.7. The van der Waals surface area contributed by atoms with E-state index in [1.54, 1.807) is 24.3 Å². The van der Waals surface area contributed by atoms with Gasteiger partial charge in [0.25, 0.3) is 0 Å². The van der Waals surface area contributed by atoms with Gasteiger partial charge in [0, 0.05) is 16.8 Å². The second kappa shape index (κ2) is 8.00. The van der Waals surface area contributed by atoms with Gasteiger partial charge in [0.05, 0.1) is 23.6 Å². The number of amides is 2. The highest BCUT2D eigenvalue weighted by atomic mass is 16.2. The summed E-state index contributed by atoms with van der Waals surface area (Å²) in [7, 11) is 0. The van der Waals surface area contributed by atoms with Gasteiger partial charge in [0.2, 0.25) is 11.8 Å². The molecule has 2 fully saturated rings. The molecule has 4 aromatic rings. The number of nitrogens with zero attached hydrogens (tertiary/aromatic N) is 2. The molecule has 4 atom stereocenters. The predicted octanol–water partition coefficient (Wildman–Crippen LogP) is 5.42. The number of aryl methyl sites for hydroxylation is 1. The minimum absolute atomic E-state index is 0.139. The van der Waals surface area contributed by atoms with Gasteiger partial charge in [-0.2, -0.15) is 0 Å². The molecule has 0 aliphatic carbocycles. The smallest absolute Gasteiger partial charge is 0.240 e. The quantitative estimate of drug-likeness (QED) is 0.288. The molecular weight excluding hydrogens is 460 g/mol. The van der Waals surface area contributed by atoms with E-state index in [0.29, 0.717) is 11.3 Å². The number of hydrogen-bond acceptors (Lipinski definition) is 4. The number of Topliss-reactive ketones (excluding diaryl/α,β-unsaturated/α-hetero) is 1. The van der Waals surface area contributed by atoms with Crippen LogP contribution in [-0.2, 0) is 9.59 Å². The summed E-state index contributed by atoms with van der Waals surface area (Å²) in [6.07, 6.45) is 4.06. The van der Waals surface area contributed by atoms with E-state index < -0.39 is 17.9 Å². The summed E-state index contributed by atoms with van der Waals surface area (Å²) < 4.78 is 0. The average Bonchev–Trinajstić information content (AvgIpc) is 3.41. The van der Waals surface area contributed by atoms with Crippen LogP contribution in [0.25, 0.3) is 16.8 Å². The van der Waals surface area contributed by atoms with Crippen molar-refractivity contribution in [3.05, 3.63) is 114 Å². The van der Waals surface area contributed by atoms with Crippen LogP contribution in [0.1, 0.15) is 21.5 Å². The molecule has 3 aliphatic rings. The van der Waals surface area contributed by atoms with E-state index in [9.17, 15) is 14.4 Å². The van der Waals surface area contributed by atoms with Crippen LogP contribution in [0.4, 0.5) is 11.4 Å². The van der Waals surface area contributed by atoms with Crippen molar-refractivity contribution in [2.45, 2.75) is 19.0 Å². The fourth-order valence-electron chi connectivity index (χ4n) is 6.35. The van der Waals surface area contributed by atoms with Crippen LogP contribution < -0.4 is 9.80 Å². The van der Waals surface area contributed by atoms with E-state index >= 15 is 0 Å². The van der Waals surface area contributed by atoms with Crippen LogP contribution in [0.5, 0.6) is 0 Å². The molecule has 180 valence electrons. The van der Waals surface area contributed by atoms with Crippen molar-refractivity contribution in [3.8, 4) is 0 Å². The lowest BCUT2D eigenvalue weighted by molar-refractivity contribution is -0.122. The van der Waals surface area contributed by atoms with Crippen LogP contribution in [0, 0.1) is 18.8 Å². The molecule has 7 rings (SSSR count). The van der Waals surface area contributed by atoms with Gasteiger partial charge in [-0.15, -0.1) is 0 Å². The second-order valence-electron chi connectivity index (χ2n) is 10.1. The molecule has 0 radical (unpaired) electrons. The fourth-order valence-corrected chi connectivity index (χ4v) is 6.35. The third-order valence-corrected chi connectivity index (χ3v) is 8.03. The molecule has 5 nitrogen and oxygen atoms in total. The summed E-state index contributed by atoms with van der Waals surface area (Å²) in [6, 6.07) is 27.5. The molecule has 0 unspecified atom stereocenters. The van der Waals surface area contributed by atoms with Gasteiger partial charge in [0.1, 0.15) is 6.04 Å². The van der Waals surface area contributed by atoms with E-state index in [1.165, 1.54) is 4.90 Å². The normalized spacial score (nSPS) is 23.8. The van der Waals surface area contributed by atoms with Crippen LogP contribution in [0.15, 0.2) is 97.1 Å². The molecule has 2 saturated heterocycles. The Hall–Kier alpha value is -4.51. The summed E-state index contributed by atoms with van der Waals surface area (Å²) >= 11 is 0. The third-order valence-electron chi connectivity index (χ3n) is 8.03. The Kier molecular flexibility index (Phi) is 4.70. The zero-order valence-electron chi connectivity index (χ0n) is 20.2. The first-order valence-corrected chi connectivity index (χ1v) is 12.6. The summed E-state index contributed by atoms with van der Waals surface area (Å²) in [6.45, 7) is 1.96. The van der Waals surface area contributed by atoms with Crippen LogP contribution in [0.3, 0.4) is 0 Å². The molecule has 0 bridgehead atoms. The molecular formula is C32H24N2O3. The third kappa shape index (κ3) is 3.07. The van der Waals surface area contributed by atoms with Crippen LogP contribution in [-0.4, -0.2) is 29.7 Å². The Bertz CT molecular complexity index is 1620. The van der Waals surface area contributed by atoms with E-state index in [-0.39, 0.29) is 23.6 Å². The van der Waals surface area contributed by atoms with Crippen molar-refractivity contribution in [1.82, 2.24) is 0 Å². The van der Waals surface area contributed by atoms with Crippen molar-refractivity contribution < 1.29 is 14.4 Å². The number of anilines is 2. The van der Waals surface area contributed by atoms with E-state index in [1.807, 2.05) is 72.5 Å². The topological polar surface area (TPSA) is 57.7 Å². The first-order chi connectivity index (χ1) is 18.0. The largest absolute Gasteiger partial charge is 0.352 e. The number of carbonyl (C=O) groups excluding carboxylic acids is 3. The molecule has 5 heteroatoms. The van der Waals surface area contributed by atoms with Gasteiger partial charge in [-0.25, -0.2) is 4.90 Å². The molecule has 0 spiro atoms. The molecule has 0 N–H and O–H groups in total. The molecule has 4 aromatic carbocycles. The predicted molar refractivity (Wildman–Crippen MR) is 144 cm³/mol. The van der Waals surface area contributed by atoms with Crippen LogP contribution >= 0.6 is 0 Å². The number of imide groups is 1. The van der Waals surface area contributed by atoms with Gasteiger partial charge < -0.3 is 4.90 Å². The van der Waals surface area contributed by atoms with Gasteiger partial charge in [-0.05, 0) is 35.9 Å². The maximum atomic E-state index is 14.1. The zero-order chi connectivity index (χ0) is 25.3. The Morgan fingerprint density at radius 2 is 1.46 bits per heavy atom. The van der Waals surface area contributed by atoms with Crippen molar-refractivity contribution in [2.24, 2.45) is 11.8 Å². The number of fused-ring (bicyclic) bond motifs is 7. The molecule has 3 heterocycles. The SMILES string of the molecule is Cc1ccc(N2C(=O)[C@@H]3[C@H](C2=O)[C@@H](C(=O)c2ccccc2)N2c4ccc5ccccc5c4C=C[C@H]32)cc1. The lowest BCUT2D eigenvalue weighted by atomic mass is 9.86. The van der Waals surface area contributed by atoms with E-state index in [4.69, 9.17) is 0 Å². The standard InChI is InChI=1S/C32H24N2O3/c1-19-11-14-22(15-12-19)33-31(36)27-26-18-16-24-23-10-6-5-7-20(23)13-17-25(24)34(26)29(28(27)32(33)37)30(35)21-8-3-2-4-9-21/h2-18,26-29H,1H3/t26-,27+,28+,29+/m1/s1. The van der Waals surface area contributed by atoms with Crippen molar-refractivity contribution in [1.29, 1.82) is 0 Å². The van der Waals surface area contributed by atoms with Gasteiger partial charge in [-0.1, -0.05) is 90.5 Å². The molecule has 3 aliphatic heterocycles. The average molecular weight is 485 g/mol. The highest BCUT2D eigenvalue weighted by molar-refractivity contribution is 6.25. The lowest BCUT2D eigenvalue weighted by Crippen LogP contribution is -2.48. The van der Waals surface area contributed by atoms with Gasteiger partial charge >= 0.3 is 0 Å². The summed E-state index contributed by atoms with van der Waals surface area (Å²) in [5.41, 5.74) is 4.04. The monoisotopic (exact) mass is 484 g/mol. The second-order valence-corrected chi connectivity index (χ2v) is 10.1. The molecule has 2 amide bonds. The van der Waals surface area contributed by atoms with Crippen molar-refractivity contribution >= 4 is 45.8 Å². The molecule has 0 saturated carbocycles. The zero-order valence-corrected chi connectivity index (χ0v) is 20.2. The minimum atomic E-state index is -0.783. The fraction of sp³-hybridized carbons (Fsp3) is 0.156. The Balaban J connectivity index is 1.40. The molecule has 0 aromatic heterocycles. The highest BCUT2D eigenvalue weighted by Gasteiger charge is 2.64. The number of carbonyl (C=O) groups is 3. The number of hydrogen-bond donors (Lipinski definition) is 0. The Morgan fingerprint density at radius 3 is 2.24 bits per heavy atom. The number of benzene rings is 4. The van der Waals surface area contributed by atoms with Crippen molar-refractivity contribution in [3.63, 3.8) is 0 Å².